The van der Waals surface area contributed by atoms with Crippen LogP contribution in [0.25, 0.3) is 0 Å². The van der Waals surface area contributed by atoms with Crippen molar-refractivity contribution in [3.63, 3.8) is 0 Å². The lowest BCUT2D eigenvalue weighted by Gasteiger charge is -2.57. The molecule has 0 radical (unpaired) electrons. The molecular formula is C35H46N2O7SSi. The van der Waals surface area contributed by atoms with E-state index in [1.54, 1.807) is 21.0 Å². The number of anilines is 2. The molecule has 0 unspecified atom stereocenters. The third kappa shape index (κ3) is 6.93. The summed E-state index contributed by atoms with van der Waals surface area (Å²) in [5.74, 6) is -2.39. The number of carbonyl (C=O) groups excluding carboxylic acids is 1. The number of aliphatic hydroxyl groups is 1. The van der Waals surface area contributed by atoms with Crippen molar-refractivity contribution < 1.29 is 33.3 Å². The maximum atomic E-state index is 12.1. The second-order valence-corrected chi connectivity index (χ2v) is 16.9. The van der Waals surface area contributed by atoms with Gasteiger partial charge in [0, 0.05) is 31.3 Å². The van der Waals surface area contributed by atoms with Crippen LogP contribution in [0.1, 0.15) is 45.7 Å². The van der Waals surface area contributed by atoms with E-state index >= 15 is 0 Å². The van der Waals surface area contributed by atoms with Crippen molar-refractivity contribution in [2.24, 2.45) is 0 Å². The molecule has 2 heterocycles. The molecule has 248 valence electrons. The van der Waals surface area contributed by atoms with E-state index in [2.05, 4.69) is 31.4 Å². The molecule has 0 spiro atoms. The van der Waals surface area contributed by atoms with E-state index in [0.717, 1.165) is 27.4 Å². The van der Waals surface area contributed by atoms with E-state index in [1.807, 2.05) is 78.9 Å². The fourth-order valence-electron chi connectivity index (χ4n) is 5.88. The van der Waals surface area contributed by atoms with Gasteiger partial charge in [-0.1, -0.05) is 81.4 Å². The number of carbonyl (C=O) groups is 1. The fraction of sp³-hybridized carbons (Fsp3) is 0.457. The molecule has 2 aliphatic rings. The molecule has 0 saturated carbocycles. The van der Waals surface area contributed by atoms with Crippen molar-refractivity contribution in [2.45, 2.75) is 80.0 Å². The summed E-state index contributed by atoms with van der Waals surface area (Å²) < 4.78 is 32.9. The number of methoxy groups -OCH3 is 2. The number of thioether (sulfide) groups is 1. The topological polar surface area (TPSA) is 108 Å². The van der Waals surface area contributed by atoms with Crippen molar-refractivity contribution in [1.29, 1.82) is 0 Å². The predicted molar refractivity (Wildman–Crippen MR) is 184 cm³/mol. The molecule has 1 amide bonds. The van der Waals surface area contributed by atoms with Crippen LogP contribution >= 0.6 is 11.8 Å². The Labute approximate surface area is 278 Å². The number of hydrogen-bond donors (Lipinski definition) is 3. The summed E-state index contributed by atoms with van der Waals surface area (Å²) in [5, 5.41) is 18.3. The number of fused-ring (bicyclic) bond motifs is 1. The maximum absolute atomic E-state index is 12.1. The third-order valence-electron chi connectivity index (χ3n) is 8.66. The van der Waals surface area contributed by atoms with Crippen molar-refractivity contribution in [3.05, 3.63) is 90.0 Å². The van der Waals surface area contributed by atoms with Gasteiger partial charge in [0.1, 0.15) is 23.9 Å². The molecule has 3 N–H and O–H groups in total. The van der Waals surface area contributed by atoms with E-state index in [0.29, 0.717) is 5.75 Å². The fourth-order valence-corrected chi connectivity index (χ4v) is 7.83. The average molecular weight is 667 g/mol. The van der Waals surface area contributed by atoms with E-state index in [9.17, 15) is 9.90 Å². The molecule has 2 aliphatic heterocycles. The first-order valence-corrected chi connectivity index (χ1v) is 17.8. The molecule has 11 heteroatoms. The summed E-state index contributed by atoms with van der Waals surface area (Å²) in [6.45, 7) is 10.2. The highest BCUT2D eigenvalue weighted by molar-refractivity contribution is 8.00. The largest absolute Gasteiger partial charge is 0.408 e. The van der Waals surface area contributed by atoms with Crippen LogP contribution in [0, 0.1) is 0 Å². The van der Waals surface area contributed by atoms with Crippen molar-refractivity contribution in [3.8, 4) is 0 Å². The lowest BCUT2D eigenvalue weighted by Crippen LogP contribution is -2.71. The second-order valence-electron chi connectivity index (χ2n) is 13.2. The number of aliphatic hydroxyl groups excluding tert-OH is 1. The van der Waals surface area contributed by atoms with Gasteiger partial charge in [0.15, 0.2) is 9.76 Å². The van der Waals surface area contributed by atoms with Gasteiger partial charge in [0.05, 0.1) is 11.4 Å². The summed E-state index contributed by atoms with van der Waals surface area (Å²) in [7, 11) is 1.87. The van der Waals surface area contributed by atoms with E-state index < -0.39 is 45.3 Å². The first-order valence-electron chi connectivity index (χ1n) is 15.5. The minimum Gasteiger partial charge on any atom is -0.408 e. The highest BCUT2D eigenvalue weighted by Crippen LogP contribution is 2.50. The molecule has 1 fully saturated rings. The molecule has 46 heavy (non-hydrogen) atoms. The van der Waals surface area contributed by atoms with Crippen LogP contribution < -0.4 is 10.6 Å². The highest BCUT2D eigenvalue weighted by atomic mass is 32.2. The Morgan fingerprint density at radius 2 is 1.57 bits per heavy atom. The van der Waals surface area contributed by atoms with Crippen molar-refractivity contribution in [2.75, 3.05) is 37.2 Å². The third-order valence-corrected chi connectivity index (χ3v) is 11.2. The van der Waals surface area contributed by atoms with Gasteiger partial charge in [-0.15, -0.1) is 11.8 Å². The van der Waals surface area contributed by atoms with Crippen LogP contribution in [0.15, 0.2) is 83.8 Å². The molecule has 0 bridgehead atoms. The molecule has 5 rings (SSSR count). The van der Waals surface area contributed by atoms with Gasteiger partial charge < -0.3 is 39.1 Å². The highest BCUT2D eigenvalue weighted by Gasteiger charge is 2.63. The first kappa shape index (κ1) is 34.6. The zero-order valence-corrected chi connectivity index (χ0v) is 29.9. The standard InChI is InChI=1S/C35H46N2O7SSi/c1-32(2,3)46-44-35(23-14-10-8-11-15-23,24-16-12-9-13-17-24)31-30(42-33(4,40-6)34(5,41-7)43-31)27(38)21-36-25-18-19-28-26(20-25)37-29(39)22-45-28/h8-20,27,30-31,36,38H,21-22,46H2,1-7H3,(H,37,39)/t27-,30+,31+,33-,34-/m0/s1. The van der Waals surface area contributed by atoms with E-state index in [1.165, 1.54) is 18.9 Å². The molecule has 9 nitrogen and oxygen atoms in total. The average Bonchev–Trinajstić information content (AvgIpc) is 3.05. The Kier molecular flexibility index (Phi) is 10.4. The Morgan fingerprint density at radius 1 is 0.978 bits per heavy atom. The number of ether oxygens (including phenoxy) is 4. The van der Waals surface area contributed by atoms with Gasteiger partial charge in [-0.2, -0.15) is 0 Å². The number of benzene rings is 3. The summed E-state index contributed by atoms with van der Waals surface area (Å²) in [4.78, 5) is 13.0. The summed E-state index contributed by atoms with van der Waals surface area (Å²) in [6.07, 6.45) is -2.91. The molecule has 3 aromatic rings. The second kappa shape index (κ2) is 13.8. The zero-order valence-electron chi connectivity index (χ0n) is 27.7. The first-order chi connectivity index (χ1) is 21.8. The van der Waals surface area contributed by atoms with Crippen LogP contribution in [-0.2, 0) is 33.8 Å². The quantitative estimate of drug-likeness (QED) is 0.236. The van der Waals surface area contributed by atoms with Gasteiger partial charge in [0.25, 0.3) is 0 Å². The lowest BCUT2D eigenvalue weighted by atomic mass is 9.77. The molecule has 0 aromatic heterocycles. The minimum absolute atomic E-state index is 0.0395. The molecular weight excluding hydrogens is 621 g/mol. The normalized spacial score (nSPS) is 26.0. The molecule has 0 aliphatic carbocycles. The van der Waals surface area contributed by atoms with E-state index in [4.69, 9.17) is 23.4 Å². The summed E-state index contributed by atoms with van der Waals surface area (Å²) >= 11 is 1.50. The summed E-state index contributed by atoms with van der Waals surface area (Å²) in [6, 6.07) is 25.7. The van der Waals surface area contributed by atoms with Crippen LogP contribution in [-0.4, -0.2) is 77.2 Å². The lowest BCUT2D eigenvalue weighted by molar-refractivity contribution is -0.463. The van der Waals surface area contributed by atoms with Crippen LogP contribution in [0.3, 0.4) is 0 Å². The molecule has 1 saturated heterocycles. The van der Waals surface area contributed by atoms with E-state index in [-0.39, 0.29) is 17.5 Å². The Hall–Kier alpha value is -2.74. The molecule has 3 aromatic carbocycles. The van der Waals surface area contributed by atoms with Crippen molar-refractivity contribution in [1.82, 2.24) is 0 Å². The zero-order chi connectivity index (χ0) is 33.2. The number of hydrogen-bond acceptors (Lipinski definition) is 9. The molecule has 5 atom stereocenters. The van der Waals surface area contributed by atoms with Gasteiger partial charge in [-0.25, -0.2) is 0 Å². The van der Waals surface area contributed by atoms with Gasteiger partial charge in [-0.3, -0.25) is 4.79 Å². The predicted octanol–water partition coefficient (Wildman–Crippen LogP) is 5.28. The van der Waals surface area contributed by atoms with Crippen molar-refractivity contribution >= 4 is 38.8 Å². The number of amides is 1. The Balaban J connectivity index is 1.60. The smallest absolute Gasteiger partial charge is 0.234 e. The van der Waals surface area contributed by atoms with Gasteiger partial charge in [-0.05, 0) is 48.2 Å². The maximum Gasteiger partial charge on any atom is 0.234 e. The SMILES string of the molecule is CO[C@@]1(C)O[C@H]([C@@H](O)CNc2ccc3c(c2)NC(=O)CS3)[C@H](C(O[SiH2]C(C)(C)C)(c2ccccc2)c2ccccc2)O[C@]1(C)OC. The van der Waals surface area contributed by atoms with Crippen LogP contribution in [0.2, 0.25) is 5.04 Å². The van der Waals surface area contributed by atoms with Gasteiger partial charge in [0.2, 0.25) is 17.5 Å². The summed E-state index contributed by atoms with van der Waals surface area (Å²) in [5.41, 5.74) is 2.07. The number of nitrogens with one attached hydrogen (secondary N) is 2. The monoisotopic (exact) mass is 666 g/mol. The Morgan fingerprint density at radius 3 is 2.13 bits per heavy atom. The number of rotatable bonds is 11. The minimum atomic E-state index is -1.38. The van der Waals surface area contributed by atoms with Gasteiger partial charge >= 0.3 is 0 Å². The van der Waals surface area contributed by atoms with Crippen LogP contribution in [0.5, 0.6) is 0 Å². The van der Waals surface area contributed by atoms with Crippen LogP contribution in [0.4, 0.5) is 11.4 Å². The Bertz CT molecular complexity index is 1450.